The lowest BCUT2D eigenvalue weighted by atomic mass is 9.95. The molecular formula is C55H50N8O16S3. The van der Waals surface area contributed by atoms with Gasteiger partial charge in [0.25, 0.3) is 30.4 Å². The summed E-state index contributed by atoms with van der Waals surface area (Å²) in [6.45, 7) is 2.11. The summed E-state index contributed by atoms with van der Waals surface area (Å²) < 4.78 is 118. The fraction of sp³-hybridized carbons (Fsp3) is 0.182. The molecule has 0 saturated heterocycles. The number of aliphatic hydroxyl groups excluding tert-OH is 3. The Hall–Kier alpha value is -8.64. The number of Topliss-reactive ketones (excluding diaryl/α,β-unsaturated/α-hetero) is 1. The first-order valence-electron chi connectivity index (χ1n) is 24.2. The molecule has 0 aliphatic rings. The van der Waals surface area contributed by atoms with Crippen molar-refractivity contribution in [2.45, 2.75) is 61.2 Å². The number of aliphatic hydroxyl groups is 3. The summed E-state index contributed by atoms with van der Waals surface area (Å²) in [5, 5.41) is 66.3. The van der Waals surface area contributed by atoms with Crippen molar-refractivity contribution in [3.8, 4) is 17.2 Å². The third kappa shape index (κ3) is 13.6. The van der Waals surface area contributed by atoms with Gasteiger partial charge in [-0.15, -0.1) is 10.2 Å². The van der Waals surface area contributed by atoms with E-state index < -0.39 is 60.0 Å². The molecule has 0 bridgehead atoms. The number of fused-ring (bicyclic) bond motifs is 2. The molecule has 0 aliphatic carbocycles. The maximum Gasteiger partial charge on any atom is 0.295 e. The van der Waals surface area contributed by atoms with E-state index in [-0.39, 0.29) is 90.9 Å². The molecule has 0 saturated carbocycles. The normalized spacial score (nSPS) is 12.5. The number of carbonyl (C=O) groups is 1. The highest BCUT2D eigenvalue weighted by atomic mass is 32.2. The van der Waals surface area contributed by atoms with Gasteiger partial charge in [-0.05, 0) is 114 Å². The van der Waals surface area contributed by atoms with Crippen LogP contribution in [0.1, 0.15) is 38.9 Å². The van der Waals surface area contributed by atoms with Gasteiger partial charge in [-0.25, -0.2) is 0 Å². The Morgan fingerprint density at radius 3 is 1.38 bits per heavy atom. The predicted octanol–water partition coefficient (Wildman–Crippen LogP) is 11.9. The number of carbonyl (C=O) groups excluding carboxylic acids is 1. The molecule has 0 heterocycles. The van der Waals surface area contributed by atoms with E-state index in [0.29, 0.717) is 62.0 Å². The van der Waals surface area contributed by atoms with Gasteiger partial charge in [0.2, 0.25) is 0 Å². The van der Waals surface area contributed by atoms with Gasteiger partial charge < -0.3 is 29.5 Å². The van der Waals surface area contributed by atoms with Crippen molar-refractivity contribution in [2.75, 3.05) is 21.3 Å². The first kappa shape index (κ1) is 59.5. The van der Waals surface area contributed by atoms with Crippen molar-refractivity contribution in [3.05, 3.63) is 154 Å². The van der Waals surface area contributed by atoms with Crippen LogP contribution in [0.2, 0.25) is 0 Å². The van der Waals surface area contributed by atoms with Crippen LogP contribution in [-0.4, -0.2) is 81.3 Å². The third-order valence-corrected chi connectivity index (χ3v) is 15.4. The molecule has 424 valence electrons. The summed E-state index contributed by atoms with van der Waals surface area (Å²) in [5.74, 6) is 0.539. The van der Waals surface area contributed by atoms with Crippen molar-refractivity contribution in [1.29, 1.82) is 0 Å². The summed E-state index contributed by atoms with van der Waals surface area (Å²) in [4.78, 5) is 11.9. The van der Waals surface area contributed by atoms with Crippen LogP contribution in [0.3, 0.4) is 0 Å². The van der Waals surface area contributed by atoms with Gasteiger partial charge in [0.05, 0.1) is 80.2 Å². The highest BCUT2D eigenvalue weighted by Gasteiger charge is 2.22. The molecule has 6 N–H and O–H groups in total. The van der Waals surface area contributed by atoms with Crippen LogP contribution < -0.4 is 14.2 Å². The molecule has 8 rings (SSSR count). The average molecular weight is 1180 g/mol. The molecule has 82 heavy (non-hydrogen) atoms. The van der Waals surface area contributed by atoms with E-state index in [1.807, 2.05) is 0 Å². The van der Waals surface area contributed by atoms with Crippen molar-refractivity contribution in [1.82, 2.24) is 0 Å². The zero-order chi connectivity index (χ0) is 59.3. The molecule has 0 amide bonds. The molecule has 0 atom stereocenters. The number of aryl methyl sites for hydroxylation is 2. The summed E-state index contributed by atoms with van der Waals surface area (Å²) in [6, 6.07) is 27.4. The highest BCUT2D eigenvalue weighted by molar-refractivity contribution is 7.87. The van der Waals surface area contributed by atoms with Crippen LogP contribution in [0.5, 0.6) is 17.2 Å². The summed E-state index contributed by atoms with van der Waals surface area (Å²) >= 11 is 0. The summed E-state index contributed by atoms with van der Waals surface area (Å²) in [6.07, 6.45) is -0.105. The molecule has 24 nitrogen and oxygen atoms in total. The second-order valence-corrected chi connectivity index (χ2v) is 22.4. The van der Waals surface area contributed by atoms with Crippen LogP contribution in [0.4, 0.5) is 45.5 Å². The Balaban J connectivity index is 0.964. The second kappa shape index (κ2) is 24.6. The number of azo groups is 4. The Kier molecular flexibility index (Phi) is 17.9. The minimum Gasteiger partial charge on any atom is -0.496 e. The predicted molar refractivity (Wildman–Crippen MR) is 299 cm³/mol. The van der Waals surface area contributed by atoms with E-state index in [9.17, 15) is 59.0 Å². The smallest absolute Gasteiger partial charge is 0.295 e. The van der Waals surface area contributed by atoms with Crippen molar-refractivity contribution in [2.24, 2.45) is 40.9 Å². The molecule has 8 aromatic rings. The van der Waals surface area contributed by atoms with Crippen LogP contribution in [0, 0.1) is 13.8 Å². The van der Waals surface area contributed by atoms with Crippen molar-refractivity contribution >= 4 is 103 Å². The van der Waals surface area contributed by atoms with Crippen LogP contribution >= 0.6 is 0 Å². The van der Waals surface area contributed by atoms with Gasteiger partial charge >= 0.3 is 0 Å². The minimum absolute atomic E-state index is 0.0452. The first-order chi connectivity index (χ1) is 38.9. The number of nitrogens with zero attached hydrogens (tertiary/aromatic N) is 8. The number of ketones is 1. The molecular weight excluding hydrogens is 1120 g/mol. The van der Waals surface area contributed by atoms with E-state index in [0.717, 1.165) is 6.07 Å². The zero-order valence-electron chi connectivity index (χ0n) is 44.1. The molecule has 0 aliphatic heterocycles. The van der Waals surface area contributed by atoms with E-state index >= 15 is 0 Å². The van der Waals surface area contributed by atoms with Gasteiger partial charge in [-0.3, -0.25) is 18.5 Å². The maximum atomic E-state index is 13.7. The number of hydrogen-bond acceptors (Lipinski definition) is 21. The number of methoxy groups -OCH3 is 3. The number of hydrogen-bond donors (Lipinski definition) is 6. The monoisotopic (exact) mass is 1170 g/mol. The van der Waals surface area contributed by atoms with Gasteiger partial charge in [0, 0.05) is 58.5 Å². The van der Waals surface area contributed by atoms with Crippen LogP contribution in [0.15, 0.2) is 171 Å². The first-order valence-corrected chi connectivity index (χ1v) is 28.5. The van der Waals surface area contributed by atoms with Crippen molar-refractivity contribution in [3.63, 3.8) is 0 Å². The average Bonchev–Trinajstić information content (AvgIpc) is 3.49. The SMILES string of the molecule is COc1cc(N=Nc2cc(CO)c(N=Nc3ccc4cccc(S(=O)(=O)O)c4c3)cc2OC)c(C)cc1CC(=O)Cc1cc(C)c(N=Nc2cc(OC)c(N=Nc3ccc4cc(S(=O)(=O)O)cc(S(=O)(=O)O)c4c3)cc2CO)cc1CO. The summed E-state index contributed by atoms with van der Waals surface area (Å²) in [5.41, 5.74) is 5.25. The molecule has 0 spiro atoms. The van der Waals surface area contributed by atoms with Gasteiger partial charge in [-0.2, -0.15) is 55.9 Å². The molecule has 0 fully saturated rings. The van der Waals surface area contributed by atoms with E-state index in [1.54, 1.807) is 56.3 Å². The van der Waals surface area contributed by atoms with Crippen LogP contribution in [0.25, 0.3) is 21.5 Å². The molecule has 0 aromatic heterocycles. The topological polar surface area (TPSA) is 367 Å². The van der Waals surface area contributed by atoms with Gasteiger partial charge in [0.1, 0.15) is 44.2 Å². The molecule has 8 aromatic carbocycles. The second-order valence-electron chi connectivity index (χ2n) is 18.2. The fourth-order valence-corrected chi connectivity index (χ4v) is 10.7. The number of ether oxygens (including phenoxy) is 3. The van der Waals surface area contributed by atoms with E-state index in [2.05, 4.69) is 40.9 Å². The van der Waals surface area contributed by atoms with E-state index in [4.69, 9.17) is 14.2 Å². The third-order valence-electron chi connectivity index (χ3n) is 12.8. The highest BCUT2D eigenvalue weighted by Crippen LogP contribution is 2.41. The molecule has 27 heteroatoms. The summed E-state index contributed by atoms with van der Waals surface area (Å²) in [7, 11) is -10.1. The largest absolute Gasteiger partial charge is 0.496 e. The van der Waals surface area contributed by atoms with Crippen molar-refractivity contribution < 1.29 is 73.2 Å². The Labute approximate surface area is 469 Å². The quantitative estimate of drug-likeness (QED) is 0.0287. The van der Waals surface area contributed by atoms with Gasteiger partial charge in [-0.1, -0.05) is 30.3 Å². The lowest BCUT2D eigenvalue weighted by Crippen LogP contribution is -2.10. The Bertz CT molecular complexity index is 4340. The zero-order valence-corrected chi connectivity index (χ0v) is 46.5. The molecule has 0 unspecified atom stereocenters. The Morgan fingerprint density at radius 2 is 0.854 bits per heavy atom. The van der Waals surface area contributed by atoms with E-state index in [1.165, 1.54) is 82.0 Å². The number of benzene rings is 8. The fourth-order valence-electron chi connectivity index (χ4n) is 8.67. The van der Waals surface area contributed by atoms with Crippen LogP contribution in [-0.2, 0) is 67.8 Å². The molecule has 0 radical (unpaired) electrons. The lowest BCUT2D eigenvalue weighted by Gasteiger charge is -2.13. The van der Waals surface area contributed by atoms with Gasteiger partial charge in [0.15, 0.2) is 0 Å². The Morgan fingerprint density at radius 1 is 0.415 bits per heavy atom. The minimum atomic E-state index is -4.97. The standard InChI is InChI=1S/C55H50N8O16S3/c1-30-13-34(36(27-64)18-45(30)58-61-48-26-52(78-4)49(19-38(48)29-66)62-57-40-12-10-33-17-42(80(68,69)70)23-55(44(33)22-40)82(74,75)76)15-41(67)16-35-14-31(2)46(24-51(35)77-3)59-63-50-20-37(28-65)47(25-53(50)79-5)60-56-39-11-9-32-7-6-8-54(43(32)21-39)81(71,72)73/h6-14,17-26,64-66H,15-16,27-29H2,1-5H3,(H,68,69,70)(H,71,72,73)(H,74,75,76). The lowest BCUT2D eigenvalue weighted by molar-refractivity contribution is -0.117. The maximum absolute atomic E-state index is 13.7. The number of rotatable bonds is 21.